The summed E-state index contributed by atoms with van der Waals surface area (Å²) in [7, 11) is 0. The fraction of sp³-hybridized carbons (Fsp3) is 0.909. The van der Waals surface area contributed by atoms with Crippen molar-refractivity contribution in [3.63, 3.8) is 0 Å². The zero-order valence-electron chi connectivity index (χ0n) is 8.45. The van der Waals surface area contributed by atoms with E-state index in [0.29, 0.717) is 18.4 Å². The highest BCUT2D eigenvalue weighted by Crippen LogP contribution is 2.31. The van der Waals surface area contributed by atoms with Crippen molar-refractivity contribution in [2.45, 2.75) is 44.3 Å². The van der Waals surface area contributed by atoms with Gasteiger partial charge in [0.25, 0.3) is 0 Å². The predicted octanol–water partition coefficient (Wildman–Crippen LogP) is 1.87. The minimum atomic E-state index is 0.202. The van der Waals surface area contributed by atoms with Crippen molar-refractivity contribution in [2.24, 2.45) is 5.92 Å². The molecule has 0 aromatic heterocycles. The molecule has 3 nitrogen and oxygen atoms in total. The minimum Gasteiger partial charge on any atom is -0.381 e. The quantitative estimate of drug-likeness (QED) is 0.675. The van der Waals surface area contributed by atoms with E-state index in [1.165, 1.54) is 0 Å². The first-order chi connectivity index (χ1) is 6.90. The number of hydrogen-bond donors (Lipinski definition) is 0. The topological polar surface area (TPSA) is 42.2 Å². The normalized spacial score (nSPS) is 34.2. The van der Waals surface area contributed by atoms with Gasteiger partial charge in [-0.3, -0.25) is 0 Å². The summed E-state index contributed by atoms with van der Waals surface area (Å²) in [4.78, 5) is 0. The lowest BCUT2D eigenvalue weighted by atomic mass is 9.92. The molecule has 2 fully saturated rings. The number of ether oxygens (including phenoxy) is 2. The molecule has 14 heavy (non-hydrogen) atoms. The maximum absolute atomic E-state index is 8.57. The van der Waals surface area contributed by atoms with E-state index in [4.69, 9.17) is 14.7 Å². The van der Waals surface area contributed by atoms with Crippen molar-refractivity contribution in [1.82, 2.24) is 0 Å². The highest BCUT2D eigenvalue weighted by Gasteiger charge is 2.32. The molecule has 2 unspecified atom stereocenters. The Balaban J connectivity index is 1.79. The fourth-order valence-corrected chi connectivity index (χ4v) is 2.42. The SMILES string of the molecule is N#CCC1CCC(C2CCOCC2)O1. The molecular formula is C11H17NO2. The number of rotatable bonds is 2. The smallest absolute Gasteiger partial charge is 0.0709 e. The van der Waals surface area contributed by atoms with Gasteiger partial charge in [0.2, 0.25) is 0 Å². The molecule has 0 amide bonds. The van der Waals surface area contributed by atoms with Crippen molar-refractivity contribution >= 4 is 0 Å². The molecule has 0 aromatic rings. The lowest BCUT2D eigenvalue weighted by Crippen LogP contribution is -2.27. The van der Waals surface area contributed by atoms with E-state index in [2.05, 4.69) is 6.07 Å². The molecule has 0 N–H and O–H groups in total. The van der Waals surface area contributed by atoms with Gasteiger partial charge in [0.15, 0.2) is 0 Å². The van der Waals surface area contributed by atoms with Crippen LogP contribution in [0.4, 0.5) is 0 Å². The van der Waals surface area contributed by atoms with E-state index in [1.54, 1.807) is 0 Å². The maximum atomic E-state index is 8.57. The molecule has 0 saturated carbocycles. The van der Waals surface area contributed by atoms with Gasteiger partial charge in [0.05, 0.1) is 24.7 Å². The van der Waals surface area contributed by atoms with Crippen LogP contribution >= 0.6 is 0 Å². The van der Waals surface area contributed by atoms with Crippen molar-refractivity contribution < 1.29 is 9.47 Å². The lowest BCUT2D eigenvalue weighted by Gasteiger charge is -2.27. The summed E-state index contributed by atoms with van der Waals surface area (Å²) in [6, 6.07) is 2.18. The van der Waals surface area contributed by atoms with Gasteiger partial charge in [-0.15, -0.1) is 0 Å². The molecule has 0 radical (unpaired) electrons. The van der Waals surface area contributed by atoms with Crippen LogP contribution in [0.2, 0.25) is 0 Å². The molecule has 2 aliphatic heterocycles. The third-order valence-corrected chi connectivity index (χ3v) is 3.25. The second-order valence-electron chi connectivity index (χ2n) is 4.19. The van der Waals surface area contributed by atoms with Gasteiger partial charge >= 0.3 is 0 Å². The molecule has 0 aromatic carbocycles. The van der Waals surface area contributed by atoms with Crippen LogP contribution in [-0.4, -0.2) is 25.4 Å². The molecule has 2 heterocycles. The first kappa shape index (κ1) is 9.95. The van der Waals surface area contributed by atoms with E-state index in [-0.39, 0.29) is 6.10 Å². The molecule has 0 spiro atoms. The molecule has 2 saturated heterocycles. The summed E-state index contributed by atoms with van der Waals surface area (Å²) < 4.78 is 11.2. The average Bonchev–Trinajstić information content (AvgIpc) is 2.68. The molecule has 0 aliphatic carbocycles. The molecule has 2 aliphatic rings. The first-order valence-electron chi connectivity index (χ1n) is 5.50. The van der Waals surface area contributed by atoms with E-state index in [9.17, 15) is 0 Å². The third-order valence-electron chi connectivity index (χ3n) is 3.25. The Morgan fingerprint density at radius 1 is 1.14 bits per heavy atom. The number of nitriles is 1. The Morgan fingerprint density at radius 3 is 2.64 bits per heavy atom. The van der Waals surface area contributed by atoms with Gasteiger partial charge in [-0.05, 0) is 31.6 Å². The standard InChI is InChI=1S/C11H17NO2/c12-6-3-10-1-2-11(14-10)9-4-7-13-8-5-9/h9-11H,1-5,7-8H2. The lowest BCUT2D eigenvalue weighted by molar-refractivity contribution is -0.0297. The zero-order valence-corrected chi connectivity index (χ0v) is 8.45. The van der Waals surface area contributed by atoms with Crippen molar-refractivity contribution in [3.05, 3.63) is 0 Å². The number of nitrogens with zero attached hydrogens (tertiary/aromatic N) is 1. The van der Waals surface area contributed by atoms with Gasteiger partial charge in [-0.1, -0.05) is 0 Å². The first-order valence-corrected chi connectivity index (χ1v) is 5.50. The van der Waals surface area contributed by atoms with E-state index < -0.39 is 0 Å². The van der Waals surface area contributed by atoms with Crippen molar-refractivity contribution in [3.8, 4) is 6.07 Å². The zero-order chi connectivity index (χ0) is 9.80. The summed E-state index contributed by atoms with van der Waals surface area (Å²) >= 11 is 0. The molecule has 2 atom stereocenters. The maximum Gasteiger partial charge on any atom is 0.0709 e. The van der Waals surface area contributed by atoms with Crippen LogP contribution in [-0.2, 0) is 9.47 Å². The Kier molecular flexibility index (Phi) is 3.39. The molecule has 78 valence electrons. The average molecular weight is 195 g/mol. The molecule has 2 rings (SSSR count). The van der Waals surface area contributed by atoms with Gasteiger partial charge < -0.3 is 9.47 Å². The van der Waals surface area contributed by atoms with Crippen LogP contribution in [0.1, 0.15) is 32.1 Å². The Labute approximate surface area is 85.0 Å². The highest BCUT2D eigenvalue weighted by molar-refractivity contribution is 4.85. The number of hydrogen-bond acceptors (Lipinski definition) is 3. The largest absolute Gasteiger partial charge is 0.381 e. The van der Waals surface area contributed by atoms with Crippen molar-refractivity contribution in [2.75, 3.05) is 13.2 Å². The van der Waals surface area contributed by atoms with E-state index >= 15 is 0 Å². The summed E-state index contributed by atoms with van der Waals surface area (Å²) in [5, 5.41) is 8.57. The van der Waals surface area contributed by atoms with Crippen LogP contribution < -0.4 is 0 Å². The fourth-order valence-electron chi connectivity index (χ4n) is 2.42. The van der Waals surface area contributed by atoms with Gasteiger partial charge in [0, 0.05) is 13.2 Å². The van der Waals surface area contributed by atoms with E-state index in [0.717, 1.165) is 38.9 Å². The van der Waals surface area contributed by atoms with Crippen LogP contribution in [0.5, 0.6) is 0 Å². The van der Waals surface area contributed by atoms with Crippen LogP contribution in [0.3, 0.4) is 0 Å². The van der Waals surface area contributed by atoms with Crippen LogP contribution in [0.15, 0.2) is 0 Å². The Morgan fingerprint density at radius 2 is 1.93 bits per heavy atom. The highest BCUT2D eigenvalue weighted by atomic mass is 16.5. The molecular weight excluding hydrogens is 178 g/mol. The summed E-state index contributed by atoms with van der Waals surface area (Å²) in [6.45, 7) is 1.76. The predicted molar refractivity (Wildman–Crippen MR) is 51.7 cm³/mol. The summed E-state index contributed by atoms with van der Waals surface area (Å²) in [5.41, 5.74) is 0. The van der Waals surface area contributed by atoms with Crippen LogP contribution in [0, 0.1) is 17.2 Å². The Hall–Kier alpha value is -0.590. The third kappa shape index (κ3) is 2.26. The second-order valence-corrected chi connectivity index (χ2v) is 4.19. The monoisotopic (exact) mass is 195 g/mol. The van der Waals surface area contributed by atoms with Crippen molar-refractivity contribution in [1.29, 1.82) is 5.26 Å². The molecule has 0 bridgehead atoms. The van der Waals surface area contributed by atoms with E-state index in [1.807, 2.05) is 0 Å². The second kappa shape index (κ2) is 4.77. The van der Waals surface area contributed by atoms with Gasteiger partial charge in [-0.2, -0.15) is 5.26 Å². The summed E-state index contributed by atoms with van der Waals surface area (Å²) in [6.07, 6.45) is 5.62. The van der Waals surface area contributed by atoms with Crippen LogP contribution in [0.25, 0.3) is 0 Å². The summed E-state index contributed by atoms with van der Waals surface area (Å²) in [5.74, 6) is 0.674. The van der Waals surface area contributed by atoms with Gasteiger partial charge in [-0.25, -0.2) is 0 Å². The molecule has 3 heteroatoms. The Bertz CT molecular complexity index is 218. The minimum absolute atomic E-state index is 0.202. The van der Waals surface area contributed by atoms with Gasteiger partial charge in [0.1, 0.15) is 0 Å².